The summed E-state index contributed by atoms with van der Waals surface area (Å²) in [7, 11) is 1.60. The fourth-order valence-electron chi connectivity index (χ4n) is 3.32. The van der Waals surface area contributed by atoms with Crippen molar-refractivity contribution in [3.63, 3.8) is 0 Å². The van der Waals surface area contributed by atoms with Crippen LogP contribution in [0.15, 0.2) is 58.5 Å². The molecule has 1 atom stereocenters. The average Bonchev–Trinajstić information content (AvgIpc) is 3.12. The summed E-state index contributed by atoms with van der Waals surface area (Å²) >= 11 is 1.17. The highest BCUT2D eigenvalue weighted by molar-refractivity contribution is 8.14. The maximum Gasteiger partial charge on any atom is 0.259 e. The van der Waals surface area contributed by atoms with E-state index in [0.29, 0.717) is 23.2 Å². The summed E-state index contributed by atoms with van der Waals surface area (Å²) in [6.07, 6.45) is -0.0622. The second-order valence-electron chi connectivity index (χ2n) is 6.83. The Kier molecular flexibility index (Phi) is 6.00. The molecule has 1 N–H and O–H groups in total. The molecule has 2 heterocycles. The third kappa shape index (κ3) is 4.29. The molecule has 2 aliphatic rings. The van der Waals surface area contributed by atoms with E-state index < -0.39 is 6.04 Å². The molecule has 0 unspecified atom stereocenters. The van der Waals surface area contributed by atoms with Gasteiger partial charge in [-0.1, -0.05) is 36.0 Å². The van der Waals surface area contributed by atoms with E-state index in [1.807, 2.05) is 54.6 Å². The minimum absolute atomic E-state index is 0.0622. The minimum atomic E-state index is -0.829. The van der Waals surface area contributed by atoms with E-state index in [4.69, 9.17) is 10.00 Å². The SMILES string of the molecule is COc1ccc(CNC(=O)C[C@H]2N=C3c4ccccc4N=C(SCC#N)N3C2=O)cc1. The Morgan fingerprint density at radius 3 is 2.77 bits per heavy atom. The third-order valence-corrected chi connectivity index (χ3v) is 5.65. The summed E-state index contributed by atoms with van der Waals surface area (Å²) in [4.78, 5) is 36.0. The Hall–Kier alpha value is -3.64. The summed E-state index contributed by atoms with van der Waals surface area (Å²) in [5, 5.41) is 12.2. The number of para-hydroxylation sites is 1. The van der Waals surface area contributed by atoms with Gasteiger partial charge in [0.25, 0.3) is 5.91 Å². The van der Waals surface area contributed by atoms with E-state index in [1.165, 1.54) is 16.7 Å². The Morgan fingerprint density at radius 1 is 1.26 bits per heavy atom. The Morgan fingerprint density at radius 2 is 2.03 bits per heavy atom. The molecule has 8 nitrogen and oxygen atoms in total. The first-order chi connectivity index (χ1) is 15.1. The monoisotopic (exact) mass is 433 g/mol. The van der Waals surface area contributed by atoms with Crippen LogP contribution in [0.1, 0.15) is 17.5 Å². The number of carbonyl (C=O) groups is 2. The number of nitrogens with one attached hydrogen (secondary N) is 1. The van der Waals surface area contributed by atoms with Crippen molar-refractivity contribution in [2.45, 2.75) is 19.0 Å². The number of ether oxygens (including phenoxy) is 1. The lowest BCUT2D eigenvalue weighted by atomic mass is 10.1. The van der Waals surface area contributed by atoms with Crippen LogP contribution in [0.25, 0.3) is 0 Å². The van der Waals surface area contributed by atoms with Gasteiger partial charge < -0.3 is 10.1 Å². The normalized spacial score (nSPS) is 16.6. The lowest BCUT2D eigenvalue weighted by molar-refractivity contribution is -0.128. The van der Waals surface area contributed by atoms with Crippen LogP contribution in [0.5, 0.6) is 5.75 Å². The highest BCUT2D eigenvalue weighted by atomic mass is 32.2. The van der Waals surface area contributed by atoms with Crippen LogP contribution in [0.4, 0.5) is 5.69 Å². The number of fused-ring (bicyclic) bond motifs is 3. The molecule has 0 aliphatic carbocycles. The van der Waals surface area contributed by atoms with Crippen molar-refractivity contribution in [3.05, 3.63) is 59.7 Å². The summed E-state index contributed by atoms with van der Waals surface area (Å²) in [5.74, 6) is 0.795. The quantitative estimate of drug-likeness (QED) is 0.754. The number of thioether (sulfide) groups is 1. The first-order valence-electron chi connectivity index (χ1n) is 9.60. The van der Waals surface area contributed by atoms with Gasteiger partial charge in [-0.15, -0.1) is 0 Å². The van der Waals surface area contributed by atoms with Crippen LogP contribution < -0.4 is 10.1 Å². The number of nitrogens with zero attached hydrogens (tertiary/aromatic N) is 4. The summed E-state index contributed by atoms with van der Waals surface area (Å²) in [6.45, 7) is 0.345. The zero-order valence-corrected chi connectivity index (χ0v) is 17.6. The molecular weight excluding hydrogens is 414 g/mol. The number of hydrogen-bond donors (Lipinski definition) is 1. The van der Waals surface area contributed by atoms with E-state index in [1.54, 1.807) is 7.11 Å². The molecule has 0 spiro atoms. The number of aliphatic imine (C=N–C) groups is 2. The molecule has 0 saturated heterocycles. The Balaban J connectivity index is 1.47. The number of rotatable bonds is 6. The smallest absolute Gasteiger partial charge is 0.259 e. The van der Waals surface area contributed by atoms with Crippen LogP contribution in [-0.4, -0.2) is 46.6 Å². The number of benzene rings is 2. The largest absolute Gasteiger partial charge is 0.497 e. The highest BCUT2D eigenvalue weighted by Crippen LogP contribution is 2.33. The summed E-state index contributed by atoms with van der Waals surface area (Å²) < 4.78 is 5.13. The van der Waals surface area contributed by atoms with E-state index in [9.17, 15) is 9.59 Å². The molecule has 0 radical (unpaired) electrons. The molecule has 2 aromatic carbocycles. The molecule has 9 heteroatoms. The van der Waals surface area contributed by atoms with Crippen molar-refractivity contribution in [1.82, 2.24) is 10.2 Å². The summed E-state index contributed by atoms with van der Waals surface area (Å²) in [5.41, 5.74) is 2.35. The van der Waals surface area contributed by atoms with Crippen LogP contribution >= 0.6 is 11.8 Å². The van der Waals surface area contributed by atoms with Crippen molar-refractivity contribution in [2.24, 2.45) is 9.98 Å². The van der Waals surface area contributed by atoms with Crippen LogP contribution in [0.3, 0.4) is 0 Å². The lowest BCUT2D eigenvalue weighted by Gasteiger charge is -2.25. The van der Waals surface area contributed by atoms with Gasteiger partial charge in [-0.2, -0.15) is 5.26 Å². The molecule has 2 amide bonds. The first kappa shape index (κ1) is 20.6. The number of amides is 2. The lowest BCUT2D eigenvalue weighted by Crippen LogP contribution is -2.42. The number of methoxy groups -OCH3 is 1. The fraction of sp³-hybridized carbons (Fsp3) is 0.227. The minimum Gasteiger partial charge on any atom is -0.497 e. The molecule has 0 saturated carbocycles. The van der Waals surface area contributed by atoms with Gasteiger partial charge >= 0.3 is 0 Å². The predicted molar refractivity (Wildman–Crippen MR) is 118 cm³/mol. The molecule has 4 rings (SSSR count). The second kappa shape index (κ2) is 9.02. The molecule has 0 fully saturated rings. The van der Waals surface area contributed by atoms with E-state index in [0.717, 1.165) is 16.9 Å². The molecule has 2 aromatic rings. The first-order valence-corrected chi connectivity index (χ1v) is 10.6. The topological polar surface area (TPSA) is 107 Å². The number of nitriles is 1. The molecular formula is C22H19N5O3S. The van der Waals surface area contributed by atoms with E-state index in [-0.39, 0.29) is 24.0 Å². The highest BCUT2D eigenvalue weighted by Gasteiger charge is 2.41. The second-order valence-corrected chi connectivity index (χ2v) is 7.77. The van der Waals surface area contributed by atoms with Gasteiger partial charge in [0.15, 0.2) is 5.17 Å². The predicted octanol–water partition coefficient (Wildman–Crippen LogP) is 2.62. The summed E-state index contributed by atoms with van der Waals surface area (Å²) in [6, 6.07) is 16.0. The number of amidine groups is 2. The molecule has 0 bridgehead atoms. The molecule has 2 aliphatic heterocycles. The van der Waals surface area contributed by atoms with Crippen molar-refractivity contribution in [3.8, 4) is 11.8 Å². The van der Waals surface area contributed by atoms with E-state index >= 15 is 0 Å². The van der Waals surface area contributed by atoms with Crippen molar-refractivity contribution in [2.75, 3.05) is 12.9 Å². The van der Waals surface area contributed by atoms with Gasteiger partial charge in [-0.3, -0.25) is 14.6 Å². The zero-order valence-electron chi connectivity index (χ0n) is 16.7. The van der Waals surface area contributed by atoms with Crippen LogP contribution in [0.2, 0.25) is 0 Å². The number of hydrogen-bond acceptors (Lipinski definition) is 7. The van der Waals surface area contributed by atoms with Gasteiger partial charge in [0.1, 0.15) is 17.6 Å². The average molecular weight is 433 g/mol. The van der Waals surface area contributed by atoms with Crippen LogP contribution in [0, 0.1) is 11.3 Å². The van der Waals surface area contributed by atoms with Gasteiger partial charge in [0, 0.05) is 12.1 Å². The van der Waals surface area contributed by atoms with Gasteiger partial charge in [0.05, 0.1) is 31.0 Å². The van der Waals surface area contributed by atoms with Gasteiger partial charge in [-0.05, 0) is 29.8 Å². The van der Waals surface area contributed by atoms with Crippen molar-refractivity contribution in [1.29, 1.82) is 5.26 Å². The molecule has 156 valence electrons. The van der Waals surface area contributed by atoms with Crippen molar-refractivity contribution < 1.29 is 14.3 Å². The maximum atomic E-state index is 13.0. The van der Waals surface area contributed by atoms with Gasteiger partial charge in [0.2, 0.25) is 5.91 Å². The number of carbonyl (C=O) groups excluding carboxylic acids is 2. The standard InChI is InChI=1S/C22H19N5O3S/c1-30-15-8-6-14(7-9-15)13-24-19(28)12-18-21(29)27-20(25-18)16-4-2-3-5-17(16)26-22(27)31-11-10-23/h2-9,18H,11-13H2,1H3,(H,24,28)/t18-/m1/s1. The molecule has 0 aromatic heterocycles. The van der Waals surface area contributed by atoms with E-state index in [2.05, 4.69) is 15.3 Å². The molecule has 31 heavy (non-hydrogen) atoms. The van der Waals surface area contributed by atoms with Crippen LogP contribution in [-0.2, 0) is 16.1 Å². The Labute approximate surface area is 183 Å². The maximum absolute atomic E-state index is 13.0. The van der Waals surface area contributed by atoms with Crippen molar-refractivity contribution >= 4 is 40.3 Å². The Bertz CT molecular complexity index is 1120. The third-order valence-electron chi connectivity index (χ3n) is 4.84. The fourth-order valence-corrected chi connectivity index (χ4v) is 3.98. The zero-order chi connectivity index (χ0) is 21.8. The van der Waals surface area contributed by atoms with Gasteiger partial charge in [-0.25, -0.2) is 9.89 Å².